The topological polar surface area (TPSA) is 134 Å². The minimum atomic E-state index is -4.38. The lowest BCUT2D eigenvalue weighted by molar-refractivity contribution is -0.161. The van der Waals surface area contributed by atoms with Gasteiger partial charge in [0.05, 0.1) is 13.2 Å². The van der Waals surface area contributed by atoms with E-state index in [1.165, 1.54) is 238 Å². The van der Waals surface area contributed by atoms with Crippen LogP contribution in [0.4, 0.5) is 0 Å². The standard InChI is InChI=1S/C59H114NO8P/c1-3-5-7-9-11-13-15-17-19-21-23-24-25-26-27-28-29-30-31-32-34-36-38-40-42-44-46-48-50-52-59(62)68-57(56-67-69(63,64)66-54-53-60)55-65-58(61)51-49-47-45-43-41-39-37-35-33-22-20-18-16-14-12-10-8-6-4-2/h15,17,21,23,57H,3-14,16,18-20,22,24-56,60H2,1-2H3,(H,63,64)/b17-15-,23-21-. The van der Waals surface area contributed by atoms with Crippen molar-refractivity contribution in [2.24, 2.45) is 5.73 Å². The summed E-state index contributed by atoms with van der Waals surface area (Å²) in [6.45, 7) is 3.80. The molecule has 0 aromatic heterocycles. The molecular formula is C59H114NO8P. The Labute approximate surface area is 427 Å². The summed E-state index contributed by atoms with van der Waals surface area (Å²) >= 11 is 0. The number of rotatable bonds is 57. The summed E-state index contributed by atoms with van der Waals surface area (Å²) in [5.41, 5.74) is 5.38. The Morgan fingerprint density at radius 1 is 0.435 bits per heavy atom. The Balaban J connectivity index is 3.89. The first-order valence-corrected chi connectivity index (χ1v) is 31.3. The number of esters is 2. The zero-order valence-electron chi connectivity index (χ0n) is 45.6. The fourth-order valence-corrected chi connectivity index (χ4v) is 9.67. The van der Waals surface area contributed by atoms with Gasteiger partial charge in [-0.2, -0.15) is 0 Å². The zero-order valence-corrected chi connectivity index (χ0v) is 46.5. The van der Waals surface area contributed by atoms with Crippen molar-refractivity contribution in [3.05, 3.63) is 24.3 Å². The summed E-state index contributed by atoms with van der Waals surface area (Å²) in [5, 5.41) is 0. The van der Waals surface area contributed by atoms with Crippen LogP contribution in [0.25, 0.3) is 0 Å². The van der Waals surface area contributed by atoms with Crippen LogP contribution in [0.3, 0.4) is 0 Å². The van der Waals surface area contributed by atoms with Gasteiger partial charge in [-0.3, -0.25) is 18.6 Å². The highest BCUT2D eigenvalue weighted by atomic mass is 31.2. The molecule has 0 aliphatic heterocycles. The number of ether oxygens (including phenoxy) is 2. The van der Waals surface area contributed by atoms with Crippen LogP contribution in [0.5, 0.6) is 0 Å². The molecule has 0 amide bonds. The van der Waals surface area contributed by atoms with Crippen molar-refractivity contribution >= 4 is 19.8 Å². The number of unbranched alkanes of at least 4 members (excludes halogenated alkanes) is 40. The van der Waals surface area contributed by atoms with Crippen LogP contribution < -0.4 is 5.73 Å². The highest BCUT2D eigenvalue weighted by Gasteiger charge is 2.26. The largest absolute Gasteiger partial charge is 0.472 e. The van der Waals surface area contributed by atoms with Crippen molar-refractivity contribution in [3.8, 4) is 0 Å². The zero-order chi connectivity index (χ0) is 50.2. The Bertz CT molecular complexity index is 1180. The summed E-state index contributed by atoms with van der Waals surface area (Å²) in [7, 11) is -4.38. The lowest BCUT2D eigenvalue weighted by atomic mass is 10.0. The second-order valence-electron chi connectivity index (χ2n) is 20.2. The maximum Gasteiger partial charge on any atom is 0.472 e. The molecule has 0 fully saturated rings. The van der Waals surface area contributed by atoms with E-state index < -0.39 is 26.5 Å². The van der Waals surface area contributed by atoms with Crippen LogP contribution in [0.1, 0.15) is 309 Å². The molecule has 0 aliphatic carbocycles. The first-order valence-electron chi connectivity index (χ1n) is 29.8. The molecule has 10 heteroatoms. The van der Waals surface area contributed by atoms with Gasteiger partial charge in [0.1, 0.15) is 6.61 Å². The van der Waals surface area contributed by atoms with Gasteiger partial charge >= 0.3 is 19.8 Å². The minimum absolute atomic E-state index is 0.0565. The molecule has 0 saturated heterocycles. The third-order valence-corrected chi connectivity index (χ3v) is 14.3. The lowest BCUT2D eigenvalue weighted by Gasteiger charge is -2.19. The first-order chi connectivity index (χ1) is 33.8. The van der Waals surface area contributed by atoms with Gasteiger partial charge in [-0.1, -0.05) is 276 Å². The van der Waals surface area contributed by atoms with Gasteiger partial charge in [0.2, 0.25) is 0 Å². The number of carbonyl (C=O) groups excluding carboxylic acids is 2. The van der Waals surface area contributed by atoms with E-state index in [4.69, 9.17) is 24.3 Å². The SMILES string of the molecule is CCCCCCC/C=C\C/C=C\CCCCCCCCCCCCCCCCCCCC(=O)OC(COC(=O)CCCCCCCCCCCCCCCCCCCCC)COP(=O)(O)OCCN. The summed E-state index contributed by atoms with van der Waals surface area (Å²) in [5.74, 6) is -0.808. The van der Waals surface area contributed by atoms with Gasteiger partial charge in [0.15, 0.2) is 6.10 Å². The van der Waals surface area contributed by atoms with E-state index in [0.717, 1.165) is 38.5 Å². The molecule has 0 saturated carbocycles. The fourth-order valence-electron chi connectivity index (χ4n) is 8.91. The van der Waals surface area contributed by atoms with Gasteiger partial charge in [-0.15, -0.1) is 0 Å². The van der Waals surface area contributed by atoms with E-state index in [1.807, 2.05) is 0 Å². The van der Waals surface area contributed by atoms with Crippen LogP contribution in [0.2, 0.25) is 0 Å². The highest BCUT2D eigenvalue weighted by Crippen LogP contribution is 2.43. The maximum absolute atomic E-state index is 12.7. The molecule has 0 bridgehead atoms. The number of hydrogen-bond acceptors (Lipinski definition) is 8. The van der Waals surface area contributed by atoms with Crippen molar-refractivity contribution in [1.29, 1.82) is 0 Å². The Hall–Kier alpha value is -1.51. The molecule has 0 aliphatic rings. The number of hydrogen-bond donors (Lipinski definition) is 2. The number of phosphoric acid groups is 1. The summed E-state index contributed by atoms with van der Waals surface area (Å²) in [4.78, 5) is 35.2. The van der Waals surface area contributed by atoms with Crippen molar-refractivity contribution in [3.63, 3.8) is 0 Å². The fraction of sp³-hybridized carbons (Fsp3) is 0.898. The molecule has 0 aromatic rings. The number of phosphoric ester groups is 1. The van der Waals surface area contributed by atoms with Crippen molar-refractivity contribution in [2.45, 2.75) is 315 Å². The lowest BCUT2D eigenvalue weighted by Crippen LogP contribution is -2.29. The third-order valence-electron chi connectivity index (χ3n) is 13.3. The van der Waals surface area contributed by atoms with Crippen LogP contribution in [0.15, 0.2) is 24.3 Å². The van der Waals surface area contributed by atoms with E-state index in [2.05, 4.69) is 38.2 Å². The van der Waals surface area contributed by atoms with Crippen LogP contribution >= 0.6 is 7.82 Å². The van der Waals surface area contributed by atoms with Gasteiger partial charge in [-0.25, -0.2) is 4.57 Å². The van der Waals surface area contributed by atoms with Crippen molar-refractivity contribution in [2.75, 3.05) is 26.4 Å². The highest BCUT2D eigenvalue weighted by molar-refractivity contribution is 7.47. The molecular weight excluding hydrogens is 882 g/mol. The monoisotopic (exact) mass is 996 g/mol. The predicted octanol–water partition coefficient (Wildman–Crippen LogP) is 18.6. The van der Waals surface area contributed by atoms with Gasteiger partial charge in [0, 0.05) is 19.4 Å². The Morgan fingerprint density at radius 3 is 1.10 bits per heavy atom. The van der Waals surface area contributed by atoms with E-state index in [-0.39, 0.29) is 38.6 Å². The molecule has 9 nitrogen and oxygen atoms in total. The van der Waals surface area contributed by atoms with Crippen LogP contribution in [-0.4, -0.2) is 49.3 Å². The molecule has 2 unspecified atom stereocenters. The van der Waals surface area contributed by atoms with Crippen LogP contribution in [-0.2, 0) is 32.7 Å². The molecule has 0 spiro atoms. The van der Waals surface area contributed by atoms with Crippen LogP contribution in [0, 0.1) is 0 Å². The Morgan fingerprint density at radius 2 is 0.754 bits per heavy atom. The smallest absolute Gasteiger partial charge is 0.462 e. The normalized spacial score (nSPS) is 13.2. The van der Waals surface area contributed by atoms with E-state index in [9.17, 15) is 19.0 Å². The number of nitrogens with two attached hydrogens (primary N) is 1. The number of carbonyl (C=O) groups is 2. The average molecular weight is 997 g/mol. The van der Waals surface area contributed by atoms with Crippen molar-refractivity contribution < 1.29 is 37.6 Å². The minimum Gasteiger partial charge on any atom is -0.462 e. The molecule has 69 heavy (non-hydrogen) atoms. The molecule has 2 atom stereocenters. The molecule has 0 aromatic carbocycles. The summed E-state index contributed by atoms with van der Waals surface area (Å²) < 4.78 is 33.1. The molecule has 408 valence electrons. The summed E-state index contributed by atoms with van der Waals surface area (Å²) in [6.07, 6.45) is 65.2. The second-order valence-corrected chi connectivity index (χ2v) is 21.7. The molecule has 3 N–H and O–H groups in total. The molecule has 0 radical (unpaired) electrons. The summed E-state index contributed by atoms with van der Waals surface area (Å²) in [6, 6.07) is 0. The van der Waals surface area contributed by atoms with Crippen molar-refractivity contribution in [1.82, 2.24) is 0 Å². The molecule has 0 heterocycles. The second kappa shape index (κ2) is 55.8. The molecule has 0 rings (SSSR count). The average Bonchev–Trinajstić information content (AvgIpc) is 3.34. The van der Waals surface area contributed by atoms with E-state index >= 15 is 0 Å². The quantitative estimate of drug-likeness (QED) is 0.0264. The number of allylic oxidation sites excluding steroid dienone is 4. The third kappa shape index (κ3) is 55.7. The predicted molar refractivity (Wildman–Crippen MR) is 294 cm³/mol. The first kappa shape index (κ1) is 67.5. The maximum atomic E-state index is 12.7. The van der Waals surface area contributed by atoms with E-state index in [1.54, 1.807) is 0 Å². The van der Waals surface area contributed by atoms with Gasteiger partial charge in [-0.05, 0) is 44.9 Å². The Kier molecular flexibility index (Phi) is 54.6. The van der Waals surface area contributed by atoms with Gasteiger partial charge < -0.3 is 20.1 Å². The van der Waals surface area contributed by atoms with Gasteiger partial charge in [0.25, 0.3) is 0 Å². The van der Waals surface area contributed by atoms with E-state index in [0.29, 0.717) is 6.42 Å².